The van der Waals surface area contributed by atoms with Crippen LogP contribution in [-0.2, 0) is 19.1 Å². The Morgan fingerprint density at radius 3 is 2.15 bits per heavy atom. The standard InChI is InChI=1S/C31H55N3O6/c1-21(2)14-16-40-27-19-25(18-26(20-27)39-15-6-9-30(36)37)32-29(35)17-23-10-12-24(13-11-23)33-31(38)34-28-8-5-4-7-22(28)3/h21-28H,4-20H2,1-3H3,(H,32,35)(H,36,37)(H2,33,34,38). The van der Waals surface area contributed by atoms with Crippen molar-refractivity contribution in [3.05, 3.63) is 0 Å². The van der Waals surface area contributed by atoms with Crippen molar-refractivity contribution in [1.82, 2.24) is 16.0 Å². The van der Waals surface area contributed by atoms with E-state index >= 15 is 0 Å². The van der Waals surface area contributed by atoms with Crippen LogP contribution in [0.3, 0.4) is 0 Å². The fourth-order valence-electron chi connectivity index (χ4n) is 6.54. The molecule has 5 unspecified atom stereocenters. The molecule has 0 aromatic heterocycles. The number of ether oxygens (including phenoxy) is 2. The van der Waals surface area contributed by atoms with Gasteiger partial charge in [0, 0.05) is 44.2 Å². The van der Waals surface area contributed by atoms with Crippen LogP contribution in [0.4, 0.5) is 4.79 Å². The van der Waals surface area contributed by atoms with E-state index in [1.54, 1.807) is 0 Å². The fraction of sp³-hybridized carbons (Fsp3) is 0.903. The van der Waals surface area contributed by atoms with E-state index < -0.39 is 5.97 Å². The monoisotopic (exact) mass is 565 g/mol. The van der Waals surface area contributed by atoms with E-state index in [-0.39, 0.29) is 48.7 Å². The van der Waals surface area contributed by atoms with E-state index in [2.05, 4.69) is 36.7 Å². The van der Waals surface area contributed by atoms with Crippen LogP contribution >= 0.6 is 0 Å². The minimum atomic E-state index is -0.811. The minimum Gasteiger partial charge on any atom is -0.481 e. The molecule has 0 aromatic carbocycles. The number of carbonyl (C=O) groups excluding carboxylic acids is 2. The van der Waals surface area contributed by atoms with Gasteiger partial charge in [0.1, 0.15) is 0 Å². The second-order valence-corrected chi connectivity index (χ2v) is 13.0. The Bertz CT molecular complexity index is 785. The normalized spacial score (nSPS) is 30.9. The number of carbonyl (C=O) groups is 3. The second-order valence-electron chi connectivity index (χ2n) is 13.0. The summed E-state index contributed by atoms with van der Waals surface area (Å²) in [7, 11) is 0. The quantitative estimate of drug-likeness (QED) is 0.216. The third-order valence-electron chi connectivity index (χ3n) is 9.01. The van der Waals surface area contributed by atoms with Crippen molar-refractivity contribution in [2.24, 2.45) is 17.8 Å². The first kappa shape index (κ1) is 32.6. The molecule has 0 aromatic rings. The number of urea groups is 1. The van der Waals surface area contributed by atoms with Crippen LogP contribution in [0.5, 0.6) is 0 Å². The highest BCUT2D eigenvalue weighted by molar-refractivity contribution is 5.76. The van der Waals surface area contributed by atoms with E-state index in [1.807, 2.05) is 0 Å². The summed E-state index contributed by atoms with van der Waals surface area (Å²) in [6.45, 7) is 7.69. The summed E-state index contributed by atoms with van der Waals surface area (Å²) < 4.78 is 12.2. The molecule has 3 amide bonds. The first-order chi connectivity index (χ1) is 19.2. The molecule has 230 valence electrons. The van der Waals surface area contributed by atoms with Crippen LogP contribution in [0, 0.1) is 17.8 Å². The zero-order valence-electron chi connectivity index (χ0n) is 25.1. The van der Waals surface area contributed by atoms with Gasteiger partial charge in [-0.25, -0.2) is 4.79 Å². The topological polar surface area (TPSA) is 126 Å². The van der Waals surface area contributed by atoms with E-state index in [9.17, 15) is 14.4 Å². The molecular weight excluding hydrogens is 510 g/mol. The molecule has 0 saturated heterocycles. The molecule has 3 aliphatic rings. The Labute approximate surface area is 241 Å². The Morgan fingerprint density at radius 2 is 1.50 bits per heavy atom. The van der Waals surface area contributed by atoms with Crippen molar-refractivity contribution in [2.75, 3.05) is 13.2 Å². The molecule has 3 fully saturated rings. The van der Waals surface area contributed by atoms with Crippen molar-refractivity contribution in [3.63, 3.8) is 0 Å². The van der Waals surface area contributed by atoms with Crippen LogP contribution < -0.4 is 16.0 Å². The number of nitrogens with one attached hydrogen (secondary N) is 3. The van der Waals surface area contributed by atoms with E-state index in [0.717, 1.165) is 57.8 Å². The summed E-state index contributed by atoms with van der Waals surface area (Å²) in [6, 6.07) is 0.420. The van der Waals surface area contributed by atoms with Crippen LogP contribution in [0.1, 0.15) is 117 Å². The molecule has 0 bridgehead atoms. The summed E-state index contributed by atoms with van der Waals surface area (Å²) >= 11 is 0. The van der Waals surface area contributed by atoms with Crippen LogP contribution in [-0.4, -0.2) is 66.6 Å². The molecule has 5 atom stereocenters. The Balaban J connectivity index is 1.38. The van der Waals surface area contributed by atoms with Gasteiger partial charge in [0.05, 0.1) is 12.2 Å². The van der Waals surface area contributed by atoms with Crippen molar-refractivity contribution in [1.29, 1.82) is 0 Å². The summed E-state index contributed by atoms with van der Waals surface area (Å²) in [5, 5.41) is 18.5. The highest BCUT2D eigenvalue weighted by Crippen LogP contribution is 2.29. The SMILES string of the molecule is CC(C)CCOC1CC(NC(=O)CC2CCC(NC(=O)NC3CCCCC3C)CC2)CC(OCCCC(=O)O)C1. The predicted octanol–water partition coefficient (Wildman–Crippen LogP) is 5.16. The molecular formula is C31H55N3O6. The van der Waals surface area contributed by atoms with Gasteiger partial charge in [-0.05, 0) is 88.4 Å². The molecule has 3 aliphatic carbocycles. The number of carboxylic acids is 1. The molecule has 0 radical (unpaired) electrons. The zero-order valence-corrected chi connectivity index (χ0v) is 25.1. The molecule has 4 N–H and O–H groups in total. The third-order valence-corrected chi connectivity index (χ3v) is 9.01. The Morgan fingerprint density at radius 1 is 0.825 bits per heavy atom. The number of aliphatic carboxylic acids is 1. The summed E-state index contributed by atoms with van der Waals surface area (Å²) in [4.78, 5) is 36.4. The Kier molecular flexibility index (Phi) is 14.0. The fourth-order valence-corrected chi connectivity index (χ4v) is 6.54. The first-order valence-electron chi connectivity index (χ1n) is 16.0. The van der Waals surface area contributed by atoms with Crippen LogP contribution in [0.25, 0.3) is 0 Å². The van der Waals surface area contributed by atoms with Gasteiger partial charge in [0.25, 0.3) is 0 Å². The third kappa shape index (κ3) is 12.3. The van der Waals surface area contributed by atoms with Gasteiger partial charge in [0.15, 0.2) is 0 Å². The van der Waals surface area contributed by atoms with Gasteiger partial charge in [-0.1, -0.05) is 33.6 Å². The van der Waals surface area contributed by atoms with E-state index in [4.69, 9.17) is 14.6 Å². The summed E-state index contributed by atoms with van der Waals surface area (Å²) in [5.41, 5.74) is 0. The number of hydrogen-bond acceptors (Lipinski definition) is 5. The lowest BCUT2D eigenvalue weighted by Gasteiger charge is -2.36. The predicted molar refractivity (Wildman–Crippen MR) is 155 cm³/mol. The Hall–Kier alpha value is -1.87. The van der Waals surface area contributed by atoms with Crippen LogP contribution in [0.2, 0.25) is 0 Å². The van der Waals surface area contributed by atoms with Crippen molar-refractivity contribution in [2.45, 2.75) is 147 Å². The maximum atomic E-state index is 13.0. The average Bonchev–Trinajstić information content (AvgIpc) is 2.89. The highest BCUT2D eigenvalue weighted by atomic mass is 16.5. The van der Waals surface area contributed by atoms with Gasteiger partial charge in [-0.3, -0.25) is 9.59 Å². The molecule has 0 aliphatic heterocycles. The lowest BCUT2D eigenvalue weighted by molar-refractivity contribution is -0.137. The van der Waals surface area contributed by atoms with Gasteiger partial charge in [-0.15, -0.1) is 0 Å². The average molecular weight is 566 g/mol. The molecule has 9 nitrogen and oxygen atoms in total. The van der Waals surface area contributed by atoms with Gasteiger partial charge in [-0.2, -0.15) is 0 Å². The smallest absolute Gasteiger partial charge is 0.315 e. The maximum Gasteiger partial charge on any atom is 0.315 e. The summed E-state index contributed by atoms with van der Waals surface area (Å²) in [5.74, 6) is 0.720. The van der Waals surface area contributed by atoms with Gasteiger partial charge >= 0.3 is 12.0 Å². The van der Waals surface area contributed by atoms with Crippen molar-refractivity contribution >= 4 is 17.9 Å². The van der Waals surface area contributed by atoms with E-state index in [1.165, 1.54) is 19.3 Å². The van der Waals surface area contributed by atoms with Crippen molar-refractivity contribution < 1.29 is 29.0 Å². The lowest BCUT2D eigenvalue weighted by Crippen LogP contribution is -2.49. The number of amides is 3. The zero-order chi connectivity index (χ0) is 28.9. The maximum absolute atomic E-state index is 13.0. The van der Waals surface area contributed by atoms with Crippen LogP contribution in [0.15, 0.2) is 0 Å². The molecule has 40 heavy (non-hydrogen) atoms. The molecule has 0 spiro atoms. The molecule has 9 heteroatoms. The first-order valence-corrected chi connectivity index (χ1v) is 16.0. The second kappa shape index (κ2) is 17.2. The molecule has 0 heterocycles. The highest BCUT2D eigenvalue weighted by Gasteiger charge is 2.32. The molecule has 3 rings (SSSR count). The van der Waals surface area contributed by atoms with E-state index in [0.29, 0.717) is 43.8 Å². The van der Waals surface area contributed by atoms with Gasteiger partial charge < -0.3 is 30.5 Å². The summed E-state index contributed by atoms with van der Waals surface area (Å²) in [6.07, 6.45) is 12.8. The minimum absolute atomic E-state index is 0.00125. The lowest BCUT2D eigenvalue weighted by atomic mass is 9.83. The van der Waals surface area contributed by atoms with Crippen molar-refractivity contribution in [3.8, 4) is 0 Å². The number of rotatable bonds is 14. The number of hydrogen-bond donors (Lipinski definition) is 4. The molecule has 3 saturated carbocycles. The number of carboxylic acid groups (broad SMARTS) is 1. The largest absolute Gasteiger partial charge is 0.481 e. The van der Waals surface area contributed by atoms with Gasteiger partial charge in [0.2, 0.25) is 5.91 Å².